The quantitative estimate of drug-likeness (QED) is 0.497. The molecule has 0 unspecified atom stereocenters. The van der Waals surface area contributed by atoms with Gasteiger partial charge in [-0.15, -0.1) is 0 Å². The van der Waals surface area contributed by atoms with E-state index < -0.39 is 22.0 Å². The number of nitrogens with one attached hydrogen (secondary N) is 1. The Labute approximate surface area is 204 Å². The molecule has 0 saturated heterocycles. The number of rotatable bonds is 12. The van der Waals surface area contributed by atoms with Crippen molar-refractivity contribution in [3.63, 3.8) is 0 Å². The first-order valence-corrected chi connectivity index (χ1v) is 13.2. The second kappa shape index (κ2) is 12.7. The summed E-state index contributed by atoms with van der Waals surface area (Å²) < 4.78 is 27.1. The SMILES string of the molecule is CC[C@@H](C)NC(=O)[C@H](CC)N(CCc1ccccc1)C(=O)CN(C)S(=O)(=O)c1ccc(C)cc1. The monoisotopic (exact) mass is 487 g/mol. The number of amides is 2. The molecule has 0 bridgehead atoms. The zero-order valence-electron chi connectivity index (χ0n) is 20.8. The maximum atomic E-state index is 13.4. The first-order valence-electron chi connectivity index (χ1n) is 11.8. The second-order valence-electron chi connectivity index (χ2n) is 8.64. The molecule has 2 atom stereocenters. The van der Waals surface area contributed by atoms with Gasteiger partial charge in [-0.1, -0.05) is 61.9 Å². The number of carbonyl (C=O) groups excluding carboxylic acids is 2. The van der Waals surface area contributed by atoms with E-state index in [0.29, 0.717) is 19.4 Å². The molecule has 2 aromatic carbocycles. The van der Waals surface area contributed by atoms with Crippen molar-refractivity contribution in [3.05, 3.63) is 65.7 Å². The third kappa shape index (κ3) is 7.40. The van der Waals surface area contributed by atoms with Crippen molar-refractivity contribution in [3.8, 4) is 0 Å². The number of aryl methyl sites for hydroxylation is 1. The van der Waals surface area contributed by atoms with Crippen molar-refractivity contribution >= 4 is 21.8 Å². The van der Waals surface area contributed by atoms with E-state index in [9.17, 15) is 18.0 Å². The van der Waals surface area contributed by atoms with Crippen molar-refractivity contribution in [2.45, 2.75) is 63.9 Å². The number of nitrogens with zero attached hydrogens (tertiary/aromatic N) is 2. The van der Waals surface area contributed by atoms with Gasteiger partial charge in [0.25, 0.3) is 0 Å². The molecule has 2 amide bonds. The molecule has 0 aliphatic carbocycles. The van der Waals surface area contributed by atoms with Crippen LogP contribution >= 0.6 is 0 Å². The Balaban J connectivity index is 2.25. The lowest BCUT2D eigenvalue weighted by Crippen LogP contribution is -2.53. The molecule has 8 heteroatoms. The average Bonchev–Trinajstić information content (AvgIpc) is 2.82. The summed E-state index contributed by atoms with van der Waals surface area (Å²) in [5.41, 5.74) is 1.99. The highest BCUT2D eigenvalue weighted by Crippen LogP contribution is 2.16. The number of hydrogen-bond donors (Lipinski definition) is 1. The normalized spacial score (nSPS) is 13.4. The molecule has 1 N–H and O–H groups in total. The maximum Gasteiger partial charge on any atom is 0.243 e. The van der Waals surface area contributed by atoms with E-state index in [1.54, 1.807) is 12.1 Å². The summed E-state index contributed by atoms with van der Waals surface area (Å²) in [5.74, 6) is -0.623. The van der Waals surface area contributed by atoms with Crippen molar-refractivity contribution in [2.75, 3.05) is 20.1 Å². The van der Waals surface area contributed by atoms with Gasteiger partial charge in [0.2, 0.25) is 21.8 Å². The minimum absolute atomic E-state index is 0.0165. The van der Waals surface area contributed by atoms with Crippen LogP contribution in [0.3, 0.4) is 0 Å². The molecule has 0 aliphatic heterocycles. The summed E-state index contributed by atoms with van der Waals surface area (Å²) >= 11 is 0. The van der Waals surface area contributed by atoms with Crippen LogP contribution in [0.2, 0.25) is 0 Å². The Morgan fingerprint density at radius 2 is 1.59 bits per heavy atom. The Morgan fingerprint density at radius 1 is 0.971 bits per heavy atom. The van der Waals surface area contributed by atoms with Crippen LogP contribution in [0.4, 0.5) is 0 Å². The summed E-state index contributed by atoms with van der Waals surface area (Å²) in [6.45, 7) is 7.60. The van der Waals surface area contributed by atoms with E-state index in [2.05, 4.69) is 5.32 Å². The second-order valence-corrected chi connectivity index (χ2v) is 10.7. The van der Waals surface area contributed by atoms with E-state index in [0.717, 1.165) is 21.9 Å². The summed E-state index contributed by atoms with van der Waals surface area (Å²) in [5, 5.41) is 2.96. The molecule has 0 heterocycles. The first kappa shape index (κ1) is 27.5. The van der Waals surface area contributed by atoms with Gasteiger partial charge in [0.05, 0.1) is 11.4 Å². The number of likely N-dealkylation sites (N-methyl/N-ethyl adjacent to an activating group) is 1. The molecule has 186 valence electrons. The van der Waals surface area contributed by atoms with Crippen LogP contribution < -0.4 is 5.32 Å². The Hall–Kier alpha value is -2.71. The lowest BCUT2D eigenvalue weighted by molar-refractivity contribution is -0.141. The summed E-state index contributed by atoms with van der Waals surface area (Å²) in [6.07, 6.45) is 1.77. The van der Waals surface area contributed by atoms with Crippen molar-refractivity contribution in [1.82, 2.24) is 14.5 Å². The maximum absolute atomic E-state index is 13.4. The molecule has 7 nitrogen and oxygen atoms in total. The lowest BCUT2D eigenvalue weighted by Gasteiger charge is -2.32. The van der Waals surface area contributed by atoms with Crippen LogP contribution in [0.15, 0.2) is 59.5 Å². The summed E-state index contributed by atoms with van der Waals surface area (Å²) in [6, 6.07) is 15.5. The Morgan fingerprint density at radius 3 is 2.15 bits per heavy atom. The van der Waals surface area contributed by atoms with E-state index in [1.165, 1.54) is 24.1 Å². The number of carbonyl (C=O) groups is 2. The fourth-order valence-electron chi connectivity index (χ4n) is 3.59. The van der Waals surface area contributed by atoms with E-state index >= 15 is 0 Å². The van der Waals surface area contributed by atoms with Crippen LogP contribution in [0.1, 0.15) is 44.7 Å². The molecule has 0 aromatic heterocycles. The zero-order valence-corrected chi connectivity index (χ0v) is 21.6. The highest BCUT2D eigenvalue weighted by atomic mass is 32.2. The number of sulfonamides is 1. The van der Waals surface area contributed by atoms with Crippen molar-refractivity contribution in [2.24, 2.45) is 0 Å². The molecular formula is C26H37N3O4S. The predicted molar refractivity (Wildman–Crippen MR) is 135 cm³/mol. The smallest absolute Gasteiger partial charge is 0.243 e. The zero-order chi connectivity index (χ0) is 25.3. The van der Waals surface area contributed by atoms with Gasteiger partial charge in [-0.25, -0.2) is 8.42 Å². The molecule has 0 saturated carbocycles. The number of hydrogen-bond acceptors (Lipinski definition) is 4. The van der Waals surface area contributed by atoms with Gasteiger partial charge in [0.1, 0.15) is 6.04 Å². The highest BCUT2D eigenvalue weighted by molar-refractivity contribution is 7.89. The average molecular weight is 488 g/mol. The first-order chi connectivity index (χ1) is 16.1. The molecule has 0 radical (unpaired) electrons. The van der Waals surface area contributed by atoms with Gasteiger partial charge in [-0.3, -0.25) is 9.59 Å². The molecule has 0 aliphatic rings. The van der Waals surface area contributed by atoms with Gasteiger partial charge >= 0.3 is 0 Å². The van der Waals surface area contributed by atoms with Gasteiger partial charge in [-0.05, 0) is 50.8 Å². The van der Waals surface area contributed by atoms with Crippen LogP contribution in [0.5, 0.6) is 0 Å². The topological polar surface area (TPSA) is 86.8 Å². The van der Waals surface area contributed by atoms with Crippen molar-refractivity contribution in [1.29, 1.82) is 0 Å². The van der Waals surface area contributed by atoms with Gasteiger partial charge in [-0.2, -0.15) is 4.31 Å². The van der Waals surface area contributed by atoms with Crippen LogP contribution in [0.25, 0.3) is 0 Å². The van der Waals surface area contributed by atoms with Gasteiger partial charge < -0.3 is 10.2 Å². The van der Waals surface area contributed by atoms with E-state index in [-0.39, 0.29) is 23.4 Å². The molecule has 2 rings (SSSR count). The minimum Gasteiger partial charge on any atom is -0.352 e. The van der Waals surface area contributed by atoms with Crippen LogP contribution in [-0.2, 0) is 26.0 Å². The third-order valence-corrected chi connectivity index (χ3v) is 7.78. The van der Waals surface area contributed by atoms with Gasteiger partial charge in [0.15, 0.2) is 0 Å². The highest BCUT2D eigenvalue weighted by Gasteiger charge is 2.31. The molecule has 0 spiro atoms. The molecule has 2 aromatic rings. The Bertz CT molecular complexity index is 1040. The molecular weight excluding hydrogens is 450 g/mol. The number of benzene rings is 2. The Kier molecular flexibility index (Phi) is 10.3. The standard InChI is InChI=1S/C26H37N3O4S/c1-6-21(4)27-26(31)24(7-2)29(18-17-22-11-9-8-10-12-22)25(30)19-28(5)34(32,33)23-15-13-20(3)14-16-23/h8-16,21,24H,6-7,17-19H2,1-5H3,(H,27,31)/t21-,24+/m1/s1. The largest absolute Gasteiger partial charge is 0.352 e. The van der Waals surface area contributed by atoms with Crippen molar-refractivity contribution < 1.29 is 18.0 Å². The fraction of sp³-hybridized carbons (Fsp3) is 0.462. The molecule has 0 fully saturated rings. The predicted octanol–water partition coefficient (Wildman–Crippen LogP) is 3.38. The van der Waals surface area contributed by atoms with E-state index in [1.807, 2.05) is 58.0 Å². The minimum atomic E-state index is -3.84. The van der Waals surface area contributed by atoms with Crippen LogP contribution in [-0.4, -0.2) is 61.7 Å². The third-order valence-electron chi connectivity index (χ3n) is 5.96. The van der Waals surface area contributed by atoms with Crippen LogP contribution in [0, 0.1) is 6.92 Å². The van der Waals surface area contributed by atoms with Gasteiger partial charge in [0, 0.05) is 19.6 Å². The fourth-order valence-corrected chi connectivity index (χ4v) is 4.71. The lowest BCUT2D eigenvalue weighted by atomic mass is 10.1. The summed E-state index contributed by atoms with van der Waals surface area (Å²) in [4.78, 5) is 28.1. The van der Waals surface area contributed by atoms with E-state index in [4.69, 9.17) is 0 Å². The summed E-state index contributed by atoms with van der Waals surface area (Å²) in [7, 11) is -2.45. The molecule has 34 heavy (non-hydrogen) atoms.